The van der Waals surface area contributed by atoms with Crippen LogP contribution in [0.3, 0.4) is 0 Å². The van der Waals surface area contributed by atoms with Gasteiger partial charge in [0.25, 0.3) is 5.91 Å². The molecule has 2 aromatic heterocycles. The first-order valence-corrected chi connectivity index (χ1v) is 7.97. The number of anilines is 1. The van der Waals surface area contributed by atoms with Crippen molar-refractivity contribution in [3.05, 3.63) is 34.2 Å². The van der Waals surface area contributed by atoms with Gasteiger partial charge in [-0.1, -0.05) is 11.3 Å². The van der Waals surface area contributed by atoms with Gasteiger partial charge in [0.05, 0.1) is 12.2 Å². The summed E-state index contributed by atoms with van der Waals surface area (Å²) in [7, 11) is 0. The Morgan fingerprint density at radius 1 is 1.45 bits per heavy atom. The number of furan rings is 1. The minimum Gasteiger partial charge on any atom is -0.465 e. The van der Waals surface area contributed by atoms with Crippen LogP contribution in [0.1, 0.15) is 39.7 Å². The first kappa shape index (κ1) is 14.8. The summed E-state index contributed by atoms with van der Waals surface area (Å²) in [4.78, 5) is 30.6. The maximum Gasteiger partial charge on any atom is 0.263 e. The van der Waals surface area contributed by atoms with Gasteiger partial charge in [-0.15, -0.1) is 0 Å². The van der Waals surface area contributed by atoms with Crippen LogP contribution in [0.25, 0.3) is 0 Å². The number of rotatable bonds is 4. The average molecular weight is 319 g/mol. The molecule has 2 amide bonds. The third-order valence-corrected chi connectivity index (χ3v) is 4.69. The predicted molar refractivity (Wildman–Crippen MR) is 83.1 cm³/mol. The molecule has 1 aliphatic rings. The van der Waals surface area contributed by atoms with E-state index in [1.54, 1.807) is 11.8 Å². The van der Waals surface area contributed by atoms with Crippen molar-refractivity contribution in [1.82, 2.24) is 10.3 Å². The summed E-state index contributed by atoms with van der Waals surface area (Å²) in [5.41, 5.74) is 0.646. The molecule has 1 fully saturated rings. The largest absolute Gasteiger partial charge is 0.465 e. The summed E-state index contributed by atoms with van der Waals surface area (Å²) >= 11 is 1.26. The molecular weight excluding hydrogens is 302 g/mol. The average Bonchev–Trinajstić information content (AvgIpc) is 3.17. The van der Waals surface area contributed by atoms with Crippen LogP contribution in [0.4, 0.5) is 5.13 Å². The van der Waals surface area contributed by atoms with E-state index in [0.29, 0.717) is 41.0 Å². The molecule has 0 aliphatic carbocycles. The molecule has 1 aliphatic heterocycles. The van der Waals surface area contributed by atoms with Crippen LogP contribution >= 0.6 is 11.3 Å². The van der Waals surface area contributed by atoms with Crippen molar-refractivity contribution in [2.24, 2.45) is 0 Å². The number of carbonyl (C=O) groups is 2. The van der Waals surface area contributed by atoms with Gasteiger partial charge in [-0.3, -0.25) is 14.5 Å². The predicted octanol–water partition coefficient (Wildman–Crippen LogP) is 2.41. The molecule has 3 heterocycles. The quantitative estimate of drug-likeness (QED) is 0.939. The van der Waals surface area contributed by atoms with Gasteiger partial charge in [0.1, 0.15) is 16.4 Å². The van der Waals surface area contributed by atoms with Gasteiger partial charge < -0.3 is 9.73 Å². The summed E-state index contributed by atoms with van der Waals surface area (Å²) in [6, 6.07) is 3.69. The number of aromatic nitrogens is 1. The number of carbonyl (C=O) groups excluding carboxylic acids is 2. The second-order valence-electron chi connectivity index (χ2n) is 5.25. The zero-order valence-corrected chi connectivity index (χ0v) is 13.3. The molecule has 1 N–H and O–H groups in total. The Hall–Kier alpha value is -2.15. The van der Waals surface area contributed by atoms with E-state index in [0.717, 1.165) is 12.2 Å². The lowest BCUT2D eigenvalue weighted by atomic mass is 10.3. The summed E-state index contributed by atoms with van der Waals surface area (Å²) < 4.78 is 5.42. The molecule has 1 saturated heterocycles. The lowest BCUT2D eigenvalue weighted by molar-refractivity contribution is -0.117. The first-order valence-electron chi connectivity index (χ1n) is 7.16. The Morgan fingerprint density at radius 3 is 2.91 bits per heavy atom. The number of hydrogen-bond acceptors (Lipinski definition) is 5. The van der Waals surface area contributed by atoms with Crippen molar-refractivity contribution in [2.75, 3.05) is 11.4 Å². The number of hydrogen-bond donors (Lipinski definition) is 1. The SMILES string of the molecule is Cc1ccc(CNC(=O)c2sc(N3CCCC3=O)nc2C)o1. The first-order chi connectivity index (χ1) is 10.5. The Morgan fingerprint density at radius 2 is 2.27 bits per heavy atom. The molecule has 0 bridgehead atoms. The molecule has 6 nitrogen and oxygen atoms in total. The maximum absolute atomic E-state index is 12.3. The van der Waals surface area contributed by atoms with Gasteiger partial charge in [-0.25, -0.2) is 4.98 Å². The highest BCUT2D eigenvalue weighted by Gasteiger charge is 2.26. The lowest BCUT2D eigenvalue weighted by Gasteiger charge is -2.10. The molecule has 116 valence electrons. The molecule has 22 heavy (non-hydrogen) atoms. The van der Waals surface area contributed by atoms with Gasteiger partial charge in [-0.2, -0.15) is 0 Å². The van der Waals surface area contributed by atoms with Crippen molar-refractivity contribution in [3.8, 4) is 0 Å². The van der Waals surface area contributed by atoms with Crippen molar-refractivity contribution in [3.63, 3.8) is 0 Å². The second kappa shape index (κ2) is 5.92. The normalized spacial score (nSPS) is 14.6. The summed E-state index contributed by atoms with van der Waals surface area (Å²) in [5, 5.41) is 3.43. The minimum absolute atomic E-state index is 0.0757. The molecule has 2 aromatic rings. The van der Waals surface area contributed by atoms with E-state index in [1.807, 2.05) is 19.1 Å². The molecule has 0 aromatic carbocycles. The van der Waals surface area contributed by atoms with Crippen LogP contribution in [-0.2, 0) is 11.3 Å². The number of nitrogens with zero attached hydrogens (tertiary/aromatic N) is 2. The smallest absolute Gasteiger partial charge is 0.263 e. The van der Waals surface area contributed by atoms with Gasteiger partial charge in [-0.05, 0) is 32.4 Å². The number of nitrogens with one attached hydrogen (secondary N) is 1. The van der Waals surface area contributed by atoms with Crippen molar-refractivity contribution < 1.29 is 14.0 Å². The van der Waals surface area contributed by atoms with Gasteiger partial charge in [0.2, 0.25) is 5.91 Å². The monoisotopic (exact) mass is 319 g/mol. The highest BCUT2D eigenvalue weighted by atomic mass is 32.1. The Kier molecular flexibility index (Phi) is 3.98. The van der Waals surface area contributed by atoms with Crippen LogP contribution < -0.4 is 10.2 Å². The van der Waals surface area contributed by atoms with Crippen LogP contribution in [0, 0.1) is 13.8 Å². The topological polar surface area (TPSA) is 75.4 Å². The van der Waals surface area contributed by atoms with E-state index in [4.69, 9.17) is 4.42 Å². The molecule has 0 spiro atoms. The van der Waals surface area contributed by atoms with E-state index in [1.165, 1.54) is 11.3 Å². The van der Waals surface area contributed by atoms with Crippen LogP contribution in [0.15, 0.2) is 16.5 Å². The Labute approximate surface area is 132 Å². The zero-order valence-electron chi connectivity index (χ0n) is 12.5. The van der Waals surface area contributed by atoms with Gasteiger partial charge >= 0.3 is 0 Å². The lowest BCUT2D eigenvalue weighted by Crippen LogP contribution is -2.23. The van der Waals surface area contributed by atoms with Crippen molar-refractivity contribution in [2.45, 2.75) is 33.2 Å². The number of aryl methyl sites for hydroxylation is 2. The standard InChI is InChI=1S/C15H17N3O3S/c1-9-5-6-11(21-9)8-16-14(20)13-10(2)17-15(22-13)18-7-3-4-12(18)19/h5-6H,3-4,7-8H2,1-2H3,(H,16,20). The van der Waals surface area contributed by atoms with E-state index in [2.05, 4.69) is 10.3 Å². The molecule has 0 saturated carbocycles. The Bertz CT molecular complexity index is 719. The molecule has 0 atom stereocenters. The number of thiazole rings is 1. The van der Waals surface area contributed by atoms with E-state index >= 15 is 0 Å². The second-order valence-corrected chi connectivity index (χ2v) is 6.23. The molecule has 0 radical (unpaired) electrons. The molecule has 0 unspecified atom stereocenters. The molecule has 7 heteroatoms. The third-order valence-electron chi connectivity index (χ3n) is 3.52. The maximum atomic E-state index is 12.3. The molecule has 3 rings (SSSR count). The van der Waals surface area contributed by atoms with Crippen molar-refractivity contribution >= 4 is 28.3 Å². The van der Waals surface area contributed by atoms with Crippen molar-refractivity contribution in [1.29, 1.82) is 0 Å². The van der Waals surface area contributed by atoms with Gasteiger partial charge in [0, 0.05) is 13.0 Å². The van der Waals surface area contributed by atoms with E-state index < -0.39 is 0 Å². The van der Waals surface area contributed by atoms with Crippen LogP contribution in [0.2, 0.25) is 0 Å². The Balaban J connectivity index is 1.70. The minimum atomic E-state index is -0.193. The highest BCUT2D eigenvalue weighted by molar-refractivity contribution is 7.17. The third kappa shape index (κ3) is 2.89. The molecular formula is C15H17N3O3S. The van der Waals surface area contributed by atoms with E-state index in [9.17, 15) is 9.59 Å². The fourth-order valence-electron chi connectivity index (χ4n) is 2.39. The zero-order chi connectivity index (χ0) is 15.7. The van der Waals surface area contributed by atoms with Crippen LogP contribution in [-0.4, -0.2) is 23.3 Å². The fraction of sp³-hybridized carbons (Fsp3) is 0.400. The van der Waals surface area contributed by atoms with Crippen LogP contribution in [0.5, 0.6) is 0 Å². The van der Waals surface area contributed by atoms with Gasteiger partial charge in [0.15, 0.2) is 5.13 Å². The summed E-state index contributed by atoms with van der Waals surface area (Å²) in [5.74, 6) is 1.41. The fourth-order valence-corrected chi connectivity index (χ4v) is 3.41. The van der Waals surface area contributed by atoms with E-state index in [-0.39, 0.29) is 11.8 Å². The number of amides is 2. The summed E-state index contributed by atoms with van der Waals surface area (Å²) in [6.45, 7) is 4.66. The highest BCUT2D eigenvalue weighted by Crippen LogP contribution is 2.29. The summed E-state index contributed by atoms with van der Waals surface area (Å²) in [6.07, 6.45) is 1.40.